The van der Waals surface area contributed by atoms with Gasteiger partial charge in [0, 0.05) is 5.69 Å². The third-order valence-electron chi connectivity index (χ3n) is 1.99. The summed E-state index contributed by atoms with van der Waals surface area (Å²) in [6, 6.07) is 12.3. The first-order valence-corrected chi connectivity index (χ1v) is 5.78. The van der Waals surface area contributed by atoms with Crippen LogP contribution in [0.15, 0.2) is 48.8 Å². The van der Waals surface area contributed by atoms with Gasteiger partial charge >= 0.3 is 19.5 Å². The molecule has 1 N–H and O–H groups in total. The van der Waals surface area contributed by atoms with Gasteiger partial charge in [-0.05, 0) is 30.5 Å². The summed E-state index contributed by atoms with van der Waals surface area (Å²) in [5, 5.41) is 10.5. The Balaban J connectivity index is 0. The first kappa shape index (κ1) is 21.8. The predicted octanol–water partition coefficient (Wildman–Crippen LogP) is 0.285. The summed E-state index contributed by atoms with van der Waals surface area (Å²) >= 11 is 3.54. The van der Waals surface area contributed by atoms with Crippen LogP contribution in [0.2, 0.25) is 0 Å². The number of benzene rings is 1. The third kappa shape index (κ3) is 9.92. The predicted molar refractivity (Wildman–Crippen MR) is 77.9 cm³/mol. The smallest absolute Gasteiger partial charge is 1.00 e. The van der Waals surface area contributed by atoms with Crippen molar-refractivity contribution in [2.45, 2.75) is 0 Å². The summed E-state index contributed by atoms with van der Waals surface area (Å²) in [7, 11) is 0. The van der Waals surface area contributed by atoms with E-state index in [9.17, 15) is 4.79 Å². The van der Waals surface area contributed by atoms with E-state index < -0.39 is 5.24 Å². The minimum atomic E-state index is -0.417. The van der Waals surface area contributed by atoms with E-state index in [-0.39, 0.29) is 31.9 Å². The molecular weight excluding hydrogens is 359 g/mol. The van der Waals surface area contributed by atoms with Gasteiger partial charge in [-0.2, -0.15) is 23.8 Å². The quantitative estimate of drug-likeness (QED) is 0.430. The molecule has 21 heavy (non-hydrogen) atoms. The van der Waals surface area contributed by atoms with Crippen LogP contribution in [0, 0.1) is 18.3 Å². The molecule has 0 aliphatic heterocycles. The maximum Gasteiger partial charge on any atom is 2.00 e. The largest absolute Gasteiger partial charge is 2.00 e. The zero-order chi connectivity index (χ0) is 14.1. The van der Waals surface area contributed by atoms with Crippen molar-refractivity contribution in [3.63, 3.8) is 0 Å². The molecule has 2 aromatic rings. The number of carbonyl (C=O) groups excluding carboxylic acids is 1. The summed E-state index contributed by atoms with van der Waals surface area (Å²) in [4.78, 5) is 14.3. The van der Waals surface area contributed by atoms with Crippen molar-refractivity contribution in [1.29, 1.82) is 5.26 Å². The van der Waals surface area contributed by atoms with E-state index in [1.54, 1.807) is 36.7 Å². The Morgan fingerprint density at radius 3 is 2.24 bits per heavy atom. The van der Waals surface area contributed by atoms with Crippen LogP contribution in [0.3, 0.4) is 0 Å². The van der Waals surface area contributed by atoms with Crippen LogP contribution >= 0.6 is 12.6 Å². The number of carbonyl (C=O) groups is 1. The van der Waals surface area contributed by atoms with Gasteiger partial charge in [-0.1, -0.05) is 18.8 Å². The zero-order valence-corrected chi connectivity index (χ0v) is 15.8. The van der Waals surface area contributed by atoms with Gasteiger partial charge < -0.3 is 22.7 Å². The zero-order valence-electron chi connectivity index (χ0n) is 11.2. The van der Waals surface area contributed by atoms with Crippen molar-refractivity contribution in [1.82, 2.24) is 4.98 Å². The number of rotatable bonds is 1. The van der Waals surface area contributed by atoms with E-state index in [1.807, 2.05) is 18.2 Å². The summed E-state index contributed by atoms with van der Waals surface area (Å²) in [6.45, 7) is 3.66. The maximum atomic E-state index is 10.5. The number of pyridine rings is 1. The molecule has 1 heterocycles. The number of nitrogens with zero attached hydrogens (tertiary/aromatic N) is 2. The topological polar surface area (TPSA) is 65.8 Å². The van der Waals surface area contributed by atoms with Crippen LogP contribution in [0.25, 0.3) is 0 Å². The van der Waals surface area contributed by atoms with Gasteiger partial charge in [0.05, 0.1) is 11.6 Å². The standard InChI is InChI=1S/C8H6N2OS.C6H6N.ClH.Zn/c9-5-6-1-3-7(4-2-6)10-8(11)12;1-6-3-2-4-7-5-6;;/h1-4H,(H2,10,11,12);2-5H,1H2;1H;/q;-1;;+2/p-1. The van der Waals surface area contributed by atoms with Gasteiger partial charge in [-0.3, -0.25) is 4.79 Å². The fourth-order valence-corrected chi connectivity index (χ4v) is 1.28. The van der Waals surface area contributed by atoms with Crippen LogP contribution < -0.4 is 17.7 Å². The number of hydrogen-bond donors (Lipinski definition) is 2. The van der Waals surface area contributed by atoms with Crippen molar-refractivity contribution in [2.75, 3.05) is 5.32 Å². The summed E-state index contributed by atoms with van der Waals surface area (Å²) in [5.41, 5.74) is 2.16. The van der Waals surface area contributed by atoms with E-state index in [4.69, 9.17) is 5.26 Å². The normalized spacial score (nSPS) is 7.81. The molecular formula is C14H12ClN3OSZn. The Morgan fingerprint density at radius 1 is 1.29 bits per heavy atom. The van der Waals surface area contributed by atoms with Gasteiger partial charge in [-0.15, -0.1) is 6.07 Å². The minimum absolute atomic E-state index is 0. The number of hydrogen-bond acceptors (Lipinski definition) is 3. The first-order chi connectivity index (χ1) is 9.11. The first-order valence-electron chi connectivity index (χ1n) is 5.34. The van der Waals surface area contributed by atoms with E-state index in [2.05, 4.69) is 29.9 Å². The number of halogens is 1. The number of nitrogens with one attached hydrogen (secondary N) is 1. The molecule has 0 radical (unpaired) electrons. The summed E-state index contributed by atoms with van der Waals surface area (Å²) < 4.78 is 0. The van der Waals surface area contributed by atoms with Crippen molar-refractivity contribution in [2.24, 2.45) is 0 Å². The van der Waals surface area contributed by atoms with Gasteiger partial charge in [0.25, 0.3) is 5.24 Å². The Labute approximate surface area is 148 Å². The summed E-state index contributed by atoms with van der Waals surface area (Å²) in [5.74, 6) is 0. The Kier molecular flexibility index (Phi) is 12.7. The molecule has 104 valence electrons. The molecule has 0 atom stereocenters. The SMILES string of the molecule is N#Cc1ccc(NC(=O)S)cc1.[CH2-]c1cccnc1.[Cl-].[Zn+2]. The molecule has 0 fully saturated rings. The fraction of sp³-hybridized carbons (Fsp3) is 0. The number of thiol groups is 1. The van der Waals surface area contributed by atoms with Crippen LogP contribution in [0.1, 0.15) is 11.1 Å². The molecule has 0 aliphatic carbocycles. The molecule has 0 spiro atoms. The van der Waals surface area contributed by atoms with Crippen LogP contribution in [-0.4, -0.2) is 10.2 Å². The van der Waals surface area contributed by atoms with E-state index in [1.165, 1.54) is 0 Å². The third-order valence-corrected chi connectivity index (χ3v) is 2.10. The second kappa shape index (κ2) is 12.2. The number of anilines is 1. The maximum absolute atomic E-state index is 10.5. The monoisotopic (exact) mass is 369 g/mol. The van der Waals surface area contributed by atoms with Gasteiger partial charge in [-0.25, -0.2) is 0 Å². The fourth-order valence-electron chi connectivity index (χ4n) is 1.15. The van der Waals surface area contributed by atoms with Crippen molar-refractivity contribution in [3.05, 3.63) is 66.8 Å². The molecule has 0 saturated heterocycles. The summed E-state index contributed by atoms with van der Waals surface area (Å²) in [6.07, 6.45) is 3.45. The molecule has 1 aromatic heterocycles. The molecule has 0 unspecified atom stereocenters. The second-order valence-electron chi connectivity index (χ2n) is 3.48. The molecule has 7 heteroatoms. The molecule has 0 bridgehead atoms. The van der Waals surface area contributed by atoms with Crippen LogP contribution in [0.4, 0.5) is 10.5 Å². The molecule has 1 aromatic carbocycles. The van der Waals surface area contributed by atoms with Crippen molar-refractivity contribution < 1.29 is 36.7 Å². The number of amides is 1. The minimum Gasteiger partial charge on any atom is -1.00 e. The number of aromatic nitrogens is 1. The molecule has 0 saturated carbocycles. The molecule has 1 amide bonds. The second-order valence-corrected chi connectivity index (χ2v) is 3.89. The average Bonchev–Trinajstić information content (AvgIpc) is 2.40. The van der Waals surface area contributed by atoms with Crippen LogP contribution in [-0.2, 0) is 19.5 Å². The van der Waals surface area contributed by atoms with Gasteiger partial charge in [0.1, 0.15) is 0 Å². The van der Waals surface area contributed by atoms with Gasteiger partial charge in [0.15, 0.2) is 0 Å². The van der Waals surface area contributed by atoms with E-state index in [0.29, 0.717) is 11.3 Å². The Bertz CT molecular complexity index is 573. The molecule has 0 aliphatic rings. The Hall–Kier alpha value is -1.54. The number of nitriles is 1. The van der Waals surface area contributed by atoms with E-state index in [0.717, 1.165) is 5.56 Å². The Morgan fingerprint density at radius 2 is 1.90 bits per heavy atom. The van der Waals surface area contributed by atoms with Gasteiger partial charge in [0.2, 0.25) is 0 Å². The van der Waals surface area contributed by atoms with E-state index >= 15 is 0 Å². The van der Waals surface area contributed by atoms with Crippen molar-refractivity contribution in [3.8, 4) is 6.07 Å². The molecule has 2 rings (SSSR count). The van der Waals surface area contributed by atoms with Crippen LogP contribution in [0.5, 0.6) is 0 Å². The van der Waals surface area contributed by atoms with Crippen molar-refractivity contribution >= 4 is 23.6 Å². The average molecular weight is 371 g/mol. The molecule has 4 nitrogen and oxygen atoms in total.